The third-order valence-corrected chi connectivity index (χ3v) is 12.4. The Bertz CT molecular complexity index is 1490. The van der Waals surface area contributed by atoms with Crippen molar-refractivity contribution in [3.05, 3.63) is 0 Å². The number of hydrogen-bond acceptors (Lipinski definition) is 30. The molecule has 6 rings (SSSR count). The summed E-state index contributed by atoms with van der Waals surface area (Å²) < 4.78 is 61.9. The summed E-state index contributed by atoms with van der Waals surface area (Å²) in [4.78, 5) is 0. The SMILES string of the molecule is C[C@@H]1O[C@@H](O[C@@H]2[C@@H](O)[C@H](O)O[C@H](CO)[C@H]2O)[C@H](O)[C@H](O[C@@H]2O[C@H](CO)[C@@H](O)[C@H](O[C@@H]3O[C@H](CO)[C@@H](O)[C@H](O[C@@H]4O[C@H](CO)[C@@H](O)[C@H](O)[C@H]4O)[C@@H]3O[C@H]3O[C@H](CO)[C@@H](O)[C@H](O)[C@@H]3O)[C@@H]2O)[C@H]1O. The fourth-order valence-corrected chi connectivity index (χ4v) is 8.41. The molecule has 6 fully saturated rings. The van der Waals surface area contributed by atoms with E-state index in [2.05, 4.69) is 0 Å². The molecule has 0 aromatic heterocycles. The highest BCUT2D eigenvalue weighted by Crippen LogP contribution is 2.38. The first-order chi connectivity index (χ1) is 31.2. The summed E-state index contributed by atoms with van der Waals surface area (Å²) in [6, 6.07) is 0. The second-order valence-corrected chi connectivity index (χ2v) is 16.7. The van der Waals surface area contributed by atoms with Gasteiger partial charge in [-0.05, 0) is 6.92 Å². The van der Waals surface area contributed by atoms with Crippen molar-refractivity contribution < 1.29 is 149 Å². The number of aliphatic hydroxyl groups excluding tert-OH is 19. The van der Waals surface area contributed by atoms with Crippen LogP contribution in [0.5, 0.6) is 0 Å². The van der Waals surface area contributed by atoms with E-state index in [1.807, 2.05) is 0 Å². The van der Waals surface area contributed by atoms with E-state index >= 15 is 0 Å². The molecule has 386 valence electrons. The molecule has 6 aliphatic heterocycles. The van der Waals surface area contributed by atoms with Crippen LogP contribution < -0.4 is 0 Å². The maximum atomic E-state index is 11.7. The number of hydrogen-bond donors (Lipinski definition) is 19. The maximum Gasteiger partial charge on any atom is 0.187 e. The third-order valence-electron chi connectivity index (χ3n) is 12.4. The Morgan fingerprint density at radius 1 is 0.273 bits per heavy atom. The normalized spacial score (nSPS) is 54.0. The van der Waals surface area contributed by atoms with E-state index in [4.69, 9.17) is 52.1 Å². The van der Waals surface area contributed by atoms with E-state index < -0.39 is 217 Å². The van der Waals surface area contributed by atoms with Gasteiger partial charge >= 0.3 is 0 Å². The Morgan fingerprint density at radius 3 is 1.03 bits per heavy atom. The molecule has 0 unspecified atom stereocenters. The van der Waals surface area contributed by atoms with Gasteiger partial charge in [0.2, 0.25) is 0 Å². The van der Waals surface area contributed by atoms with Crippen LogP contribution in [0, 0.1) is 0 Å². The van der Waals surface area contributed by atoms with Gasteiger partial charge in [0.1, 0.15) is 140 Å². The van der Waals surface area contributed by atoms with Gasteiger partial charge in [-0.3, -0.25) is 0 Å². The second kappa shape index (κ2) is 22.9. The van der Waals surface area contributed by atoms with E-state index in [9.17, 15) is 97.0 Å². The van der Waals surface area contributed by atoms with Gasteiger partial charge in [-0.1, -0.05) is 0 Å². The standard InChI is InChI=1S/C36H62O30/c1-7-13(42)26(24(53)34(56-7)63-27-16(45)10(4-39)57-31(55)23(27)52)62-35-25(54)28(17(46)11(5-40)60-35)64-36-30(66-33-22(51)20(49)15(44)9(3-38)59-33)29(18(47)12(6-41)61-36)65-32-21(50)19(48)14(43)8(2-37)58-32/h7-55H,2-6H2,1H3/t7-,8+,9+,10+,11+,12+,13-,14+,15+,16+,17+,18+,19-,20-,21+,22-,23+,24+,25-,26+,27-,28-,29-,30-,31+,32-,33+,34-,35-,36-/m0/s1. The third kappa shape index (κ3) is 10.8. The number of rotatable bonds is 15. The molecule has 6 saturated heterocycles. The first-order valence-electron chi connectivity index (χ1n) is 21.0. The molecule has 0 aliphatic carbocycles. The van der Waals surface area contributed by atoms with Crippen molar-refractivity contribution in [3.8, 4) is 0 Å². The van der Waals surface area contributed by atoms with Crippen molar-refractivity contribution in [1.82, 2.24) is 0 Å². The van der Waals surface area contributed by atoms with E-state index in [0.29, 0.717) is 0 Å². The lowest BCUT2D eigenvalue weighted by molar-refractivity contribution is -0.410. The average molecular weight is 975 g/mol. The summed E-state index contributed by atoms with van der Waals surface area (Å²) in [7, 11) is 0. The highest BCUT2D eigenvalue weighted by molar-refractivity contribution is 5.00. The van der Waals surface area contributed by atoms with Crippen LogP contribution in [-0.4, -0.2) is 314 Å². The molecule has 0 spiro atoms. The molecule has 6 heterocycles. The van der Waals surface area contributed by atoms with E-state index in [-0.39, 0.29) is 0 Å². The molecule has 30 atom stereocenters. The minimum atomic E-state index is -2.26. The summed E-state index contributed by atoms with van der Waals surface area (Å²) in [5.41, 5.74) is 0. The lowest BCUT2D eigenvalue weighted by Gasteiger charge is -2.51. The van der Waals surface area contributed by atoms with Crippen LogP contribution in [0.3, 0.4) is 0 Å². The van der Waals surface area contributed by atoms with Crippen molar-refractivity contribution >= 4 is 0 Å². The molecule has 19 N–H and O–H groups in total. The summed E-state index contributed by atoms with van der Waals surface area (Å²) >= 11 is 0. The lowest BCUT2D eigenvalue weighted by Crippen LogP contribution is -2.69. The monoisotopic (exact) mass is 974 g/mol. The summed E-state index contributed by atoms with van der Waals surface area (Å²) in [6.45, 7) is -3.55. The minimum Gasteiger partial charge on any atom is -0.394 e. The first-order valence-corrected chi connectivity index (χ1v) is 21.0. The van der Waals surface area contributed by atoms with Crippen molar-refractivity contribution in [2.45, 2.75) is 191 Å². The van der Waals surface area contributed by atoms with Gasteiger partial charge in [0.15, 0.2) is 37.7 Å². The van der Waals surface area contributed by atoms with E-state index in [1.54, 1.807) is 0 Å². The Balaban J connectivity index is 1.29. The zero-order valence-electron chi connectivity index (χ0n) is 34.8. The van der Waals surface area contributed by atoms with Crippen molar-refractivity contribution in [1.29, 1.82) is 0 Å². The lowest BCUT2D eigenvalue weighted by atomic mass is 9.95. The summed E-state index contributed by atoms with van der Waals surface area (Å²) in [6.07, 6.45) is -58.0. The topological polar surface area (TPSA) is 486 Å². The largest absolute Gasteiger partial charge is 0.394 e. The van der Waals surface area contributed by atoms with E-state index in [0.717, 1.165) is 0 Å². The smallest absolute Gasteiger partial charge is 0.187 e. The molecular weight excluding hydrogens is 912 g/mol. The van der Waals surface area contributed by atoms with Crippen LogP contribution >= 0.6 is 0 Å². The number of aliphatic hydroxyl groups is 19. The van der Waals surface area contributed by atoms with Gasteiger partial charge in [0.25, 0.3) is 0 Å². The molecule has 0 saturated carbocycles. The Hall–Kier alpha value is -1.20. The highest BCUT2D eigenvalue weighted by atomic mass is 16.8. The Morgan fingerprint density at radius 2 is 0.576 bits per heavy atom. The molecule has 6 aliphatic rings. The van der Waals surface area contributed by atoms with Crippen LogP contribution in [0.15, 0.2) is 0 Å². The quantitative estimate of drug-likeness (QED) is 0.0724. The average Bonchev–Trinajstić information content (AvgIpc) is 3.30. The fraction of sp³-hybridized carbons (Fsp3) is 1.00. The highest BCUT2D eigenvalue weighted by Gasteiger charge is 2.58. The summed E-state index contributed by atoms with van der Waals surface area (Å²) in [5.74, 6) is 0. The maximum absolute atomic E-state index is 11.7. The molecule has 30 heteroatoms. The van der Waals surface area contributed by atoms with Crippen molar-refractivity contribution in [3.63, 3.8) is 0 Å². The Kier molecular flexibility index (Phi) is 18.8. The van der Waals surface area contributed by atoms with Gasteiger partial charge in [-0.15, -0.1) is 0 Å². The zero-order valence-corrected chi connectivity index (χ0v) is 34.8. The van der Waals surface area contributed by atoms with Gasteiger partial charge < -0.3 is 149 Å². The van der Waals surface area contributed by atoms with Crippen LogP contribution in [0.4, 0.5) is 0 Å². The van der Waals surface area contributed by atoms with E-state index in [1.165, 1.54) is 6.92 Å². The molecule has 66 heavy (non-hydrogen) atoms. The van der Waals surface area contributed by atoms with Crippen molar-refractivity contribution in [2.24, 2.45) is 0 Å². The molecule has 0 bridgehead atoms. The summed E-state index contributed by atoms with van der Waals surface area (Å²) in [5, 5.41) is 202. The molecular formula is C36H62O30. The Labute approximate surface area is 373 Å². The van der Waals surface area contributed by atoms with Crippen LogP contribution in [-0.2, 0) is 52.1 Å². The minimum absolute atomic E-state index is 0.836. The van der Waals surface area contributed by atoms with Crippen LogP contribution in [0.25, 0.3) is 0 Å². The van der Waals surface area contributed by atoms with Gasteiger partial charge in [0.05, 0.1) is 39.1 Å². The van der Waals surface area contributed by atoms with Gasteiger partial charge in [-0.25, -0.2) is 0 Å². The second-order valence-electron chi connectivity index (χ2n) is 16.7. The fourth-order valence-electron chi connectivity index (χ4n) is 8.41. The number of ether oxygens (including phenoxy) is 11. The molecule has 0 aromatic rings. The van der Waals surface area contributed by atoms with Gasteiger partial charge in [0, 0.05) is 0 Å². The van der Waals surface area contributed by atoms with Crippen LogP contribution in [0.1, 0.15) is 6.92 Å². The molecule has 0 amide bonds. The molecule has 30 nitrogen and oxygen atoms in total. The van der Waals surface area contributed by atoms with Crippen molar-refractivity contribution in [2.75, 3.05) is 33.0 Å². The first kappa shape index (κ1) is 54.1. The molecule has 0 aromatic carbocycles. The predicted octanol–water partition coefficient (Wildman–Crippen LogP) is -13.1. The molecule has 0 radical (unpaired) electrons. The zero-order chi connectivity index (χ0) is 48.6. The van der Waals surface area contributed by atoms with Gasteiger partial charge in [-0.2, -0.15) is 0 Å². The van der Waals surface area contributed by atoms with Crippen LogP contribution in [0.2, 0.25) is 0 Å². The predicted molar refractivity (Wildman–Crippen MR) is 198 cm³/mol.